The Morgan fingerprint density at radius 3 is 2.86 bits per heavy atom. The van der Waals surface area contributed by atoms with Crippen LogP contribution >= 0.6 is 11.3 Å². The molecule has 4 rings (SSSR count). The Labute approximate surface area is 169 Å². The van der Waals surface area contributed by atoms with Crippen molar-refractivity contribution in [1.29, 1.82) is 0 Å². The van der Waals surface area contributed by atoms with Crippen LogP contribution < -0.4 is 4.90 Å². The molecule has 1 aromatic carbocycles. The Hall–Kier alpha value is -1.55. The molecule has 2 atom stereocenters. The van der Waals surface area contributed by atoms with Crippen LogP contribution in [0.1, 0.15) is 25.7 Å². The predicted octanol–water partition coefficient (Wildman–Crippen LogP) is 2.48. The zero-order valence-corrected chi connectivity index (χ0v) is 17.5. The van der Waals surface area contributed by atoms with E-state index >= 15 is 0 Å². The van der Waals surface area contributed by atoms with Crippen LogP contribution in [0, 0.1) is 5.92 Å². The van der Waals surface area contributed by atoms with Crippen LogP contribution in [0.2, 0.25) is 0 Å². The van der Waals surface area contributed by atoms with Gasteiger partial charge < -0.3 is 4.74 Å². The highest BCUT2D eigenvalue weighted by atomic mass is 32.2. The normalized spacial score (nSPS) is 23.9. The molecule has 9 heteroatoms. The maximum atomic E-state index is 13.5. The van der Waals surface area contributed by atoms with Crippen LogP contribution in [0.25, 0.3) is 10.2 Å². The second-order valence-corrected chi connectivity index (χ2v) is 10.5. The van der Waals surface area contributed by atoms with E-state index in [0.717, 1.165) is 29.7 Å². The molecule has 0 saturated carbocycles. The molecule has 1 amide bonds. The van der Waals surface area contributed by atoms with E-state index in [0.29, 0.717) is 31.1 Å². The van der Waals surface area contributed by atoms with Gasteiger partial charge in [0.25, 0.3) is 0 Å². The third-order valence-electron chi connectivity index (χ3n) is 5.39. The van der Waals surface area contributed by atoms with Gasteiger partial charge in [0.15, 0.2) is 5.13 Å². The lowest BCUT2D eigenvalue weighted by Gasteiger charge is -2.33. The van der Waals surface area contributed by atoms with Crippen molar-refractivity contribution in [2.75, 3.05) is 37.4 Å². The molecular weight excluding hydrogens is 398 g/mol. The van der Waals surface area contributed by atoms with Gasteiger partial charge in [-0.3, -0.25) is 9.69 Å². The summed E-state index contributed by atoms with van der Waals surface area (Å²) in [6.07, 6.45) is 4.52. The second kappa shape index (κ2) is 8.06. The van der Waals surface area contributed by atoms with Crippen molar-refractivity contribution in [3.8, 4) is 0 Å². The molecular formula is C19H25N3O4S2. The van der Waals surface area contributed by atoms with Gasteiger partial charge in [0.05, 0.1) is 35.0 Å². The minimum absolute atomic E-state index is 0.00515. The summed E-state index contributed by atoms with van der Waals surface area (Å²) in [5.74, 6) is -0.403. The second-order valence-electron chi connectivity index (χ2n) is 7.51. The zero-order valence-electron chi connectivity index (χ0n) is 15.9. The van der Waals surface area contributed by atoms with E-state index in [1.807, 2.05) is 24.3 Å². The number of sulfonamides is 1. The van der Waals surface area contributed by atoms with Gasteiger partial charge in [0, 0.05) is 19.7 Å². The zero-order chi connectivity index (χ0) is 19.7. The SMILES string of the molecule is CS(=O)(=O)N1CCC[C@H](C(=O)N(C[C@H]2CCCO2)c2nc3ccccc3s2)C1. The first-order valence-electron chi connectivity index (χ1n) is 9.65. The number of hydrogen-bond acceptors (Lipinski definition) is 6. The van der Waals surface area contributed by atoms with Crippen LogP contribution in [0.15, 0.2) is 24.3 Å². The average Bonchev–Trinajstić information content (AvgIpc) is 3.34. The molecule has 3 heterocycles. The Morgan fingerprint density at radius 1 is 1.32 bits per heavy atom. The smallest absolute Gasteiger partial charge is 0.233 e. The highest BCUT2D eigenvalue weighted by molar-refractivity contribution is 7.88. The number of carbonyl (C=O) groups excluding carboxylic acids is 1. The molecule has 0 aliphatic carbocycles. The number of ether oxygens (including phenoxy) is 1. The van der Waals surface area contributed by atoms with E-state index in [2.05, 4.69) is 4.98 Å². The molecule has 0 N–H and O–H groups in total. The summed E-state index contributed by atoms with van der Waals surface area (Å²) in [5, 5.41) is 0.665. The number of fused-ring (bicyclic) bond motifs is 1. The minimum atomic E-state index is -3.30. The molecule has 0 bridgehead atoms. The van der Waals surface area contributed by atoms with Crippen LogP contribution in [0.5, 0.6) is 0 Å². The minimum Gasteiger partial charge on any atom is -0.376 e. The van der Waals surface area contributed by atoms with E-state index in [9.17, 15) is 13.2 Å². The van der Waals surface area contributed by atoms with Crippen molar-refractivity contribution >= 4 is 42.6 Å². The number of benzene rings is 1. The van der Waals surface area contributed by atoms with Crippen LogP contribution in [0.3, 0.4) is 0 Å². The third-order valence-corrected chi connectivity index (χ3v) is 7.72. The lowest BCUT2D eigenvalue weighted by Crippen LogP contribution is -2.48. The average molecular weight is 424 g/mol. The van der Waals surface area contributed by atoms with Crippen molar-refractivity contribution in [3.63, 3.8) is 0 Å². The lowest BCUT2D eigenvalue weighted by molar-refractivity contribution is -0.123. The highest BCUT2D eigenvalue weighted by Crippen LogP contribution is 2.32. The Bertz CT molecular complexity index is 920. The third kappa shape index (κ3) is 4.22. The van der Waals surface area contributed by atoms with E-state index in [1.54, 1.807) is 4.90 Å². The first-order valence-corrected chi connectivity index (χ1v) is 12.3. The fourth-order valence-electron chi connectivity index (χ4n) is 3.90. The summed E-state index contributed by atoms with van der Waals surface area (Å²) >= 11 is 1.49. The molecule has 0 spiro atoms. The van der Waals surface area contributed by atoms with Gasteiger partial charge in [-0.15, -0.1) is 0 Å². The van der Waals surface area contributed by atoms with Gasteiger partial charge in [-0.1, -0.05) is 23.5 Å². The number of piperidine rings is 1. The largest absolute Gasteiger partial charge is 0.376 e. The van der Waals surface area contributed by atoms with Crippen molar-refractivity contribution in [2.45, 2.75) is 31.8 Å². The number of aromatic nitrogens is 1. The number of nitrogens with zero attached hydrogens (tertiary/aromatic N) is 3. The molecule has 0 radical (unpaired) electrons. The van der Waals surface area contributed by atoms with Crippen molar-refractivity contribution < 1.29 is 17.9 Å². The van der Waals surface area contributed by atoms with Crippen molar-refractivity contribution in [3.05, 3.63) is 24.3 Å². The predicted molar refractivity (Wildman–Crippen MR) is 110 cm³/mol. The number of para-hydroxylation sites is 1. The Balaban J connectivity index is 1.61. The van der Waals surface area contributed by atoms with Gasteiger partial charge in [-0.05, 0) is 37.8 Å². The maximum Gasteiger partial charge on any atom is 0.233 e. The standard InChI is InChI=1S/C19H25N3O4S2/c1-28(24,25)21-10-4-6-14(12-21)18(23)22(13-15-7-5-11-26-15)19-20-16-8-2-3-9-17(16)27-19/h2-3,8-9,14-15H,4-7,10-13H2,1H3/t14-,15+/m0/s1. The monoisotopic (exact) mass is 423 g/mol. The highest BCUT2D eigenvalue weighted by Gasteiger charge is 2.35. The number of carbonyl (C=O) groups is 1. The summed E-state index contributed by atoms with van der Waals surface area (Å²) in [5.41, 5.74) is 0.869. The van der Waals surface area contributed by atoms with Gasteiger partial charge in [0.1, 0.15) is 0 Å². The quantitative estimate of drug-likeness (QED) is 0.738. The fourth-order valence-corrected chi connectivity index (χ4v) is 5.79. The number of thiazole rings is 1. The molecule has 2 fully saturated rings. The molecule has 28 heavy (non-hydrogen) atoms. The molecule has 7 nitrogen and oxygen atoms in total. The summed E-state index contributed by atoms with van der Waals surface area (Å²) in [7, 11) is -3.30. The summed E-state index contributed by atoms with van der Waals surface area (Å²) in [4.78, 5) is 19.9. The Morgan fingerprint density at radius 2 is 2.14 bits per heavy atom. The summed E-state index contributed by atoms with van der Waals surface area (Å²) < 4.78 is 32.1. The lowest BCUT2D eigenvalue weighted by atomic mass is 9.98. The van der Waals surface area contributed by atoms with Gasteiger partial charge >= 0.3 is 0 Å². The first kappa shape index (κ1) is 19.8. The number of rotatable bonds is 5. The fraction of sp³-hybridized carbons (Fsp3) is 0.579. The summed E-state index contributed by atoms with van der Waals surface area (Å²) in [6, 6.07) is 7.83. The summed E-state index contributed by atoms with van der Waals surface area (Å²) in [6.45, 7) is 1.91. The van der Waals surface area contributed by atoms with E-state index < -0.39 is 10.0 Å². The molecule has 0 unspecified atom stereocenters. The maximum absolute atomic E-state index is 13.5. The van der Waals surface area contributed by atoms with E-state index in [1.165, 1.54) is 21.9 Å². The van der Waals surface area contributed by atoms with Gasteiger partial charge in [-0.2, -0.15) is 0 Å². The van der Waals surface area contributed by atoms with Crippen LogP contribution in [-0.4, -0.2) is 62.2 Å². The van der Waals surface area contributed by atoms with Crippen LogP contribution in [-0.2, 0) is 19.6 Å². The topological polar surface area (TPSA) is 79.8 Å². The number of amides is 1. The van der Waals surface area contributed by atoms with E-state index in [-0.39, 0.29) is 24.5 Å². The van der Waals surface area contributed by atoms with Crippen molar-refractivity contribution in [2.24, 2.45) is 5.92 Å². The van der Waals surface area contributed by atoms with Gasteiger partial charge in [-0.25, -0.2) is 17.7 Å². The Kier molecular flexibility index (Phi) is 5.69. The molecule has 2 aliphatic heterocycles. The molecule has 2 aromatic rings. The van der Waals surface area contributed by atoms with Crippen molar-refractivity contribution in [1.82, 2.24) is 9.29 Å². The number of anilines is 1. The molecule has 1 aromatic heterocycles. The van der Waals surface area contributed by atoms with E-state index in [4.69, 9.17) is 4.74 Å². The molecule has 152 valence electrons. The van der Waals surface area contributed by atoms with Gasteiger partial charge in [0.2, 0.25) is 15.9 Å². The molecule has 2 aliphatic rings. The first-order chi connectivity index (χ1) is 13.4. The van der Waals surface area contributed by atoms with Crippen LogP contribution in [0.4, 0.5) is 5.13 Å². The molecule has 2 saturated heterocycles. The number of hydrogen-bond donors (Lipinski definition) is 0.